The number of ether oxygens (including phenoxy) is 6. The molecule has 0 amide bonds. The third-order valence-corrected chi connectivity index (χ3v) is 3.70. The SMILES string of the molecule is FC(F)(F)Oc1cc(OC(F)(F)F)c(Nc2c(OC(F)(F)F)cc(OC(F)(F)F)cc2OC(F)(F)F)c(OC(F)(F)F)c1. The summed E-state index contributed by atoms with van der Waals surface area (Å²) >= 11 is 0. The number of hydrogen-bond donors (Lipinski definition) is 1. The zero-order valence-electron chi connectivity index (χ0n) is 19.1. The van der Waals surface area contributed by atoms with Crippen molar-refractivity contribution in [2.24, 2.45) is 0 Å². The van der Waals surface area contributed by atoms with Gasteiger partial charge in [-0.3, -0.25) is 0 Å². The number of alkyl halides is 18. The highest BCUT2D eigenvalue weighted by atomic mass is 19.4. The smallest absolute Gasteiger partial charge is 0.406 e. The van der Waals surface area contributed by atoms with E-state index in [0.29, 0.717) is 0 Å². The monoisotopic (exact) mass is 673 g/mol. The average Bonchev–Trinajstić information content (AvgIpc) is 2.64. The molecule has 2 aromatic carbocycles. The predicted molar refractivity (Wildman–Crippen MR) is 96.3 cm³/mol. The first-order valence-corrected chi connectivity index (χ1v) is 9.66. The van der Waals surface area contributed by atoms with Crippen LogP contribution in [0.3, 0.4) is 0 Å². The van der Waals surface area contributed by atoms with Gasteiger partial charge < -0.3 is 33.7 Å². The van der Waals surface area contributed by atoms with Crippen molar-refractivity contribution in [1.29, 1.82) is 0 Å². The lowest BCUT2D eigenvalue weighted by molar-refractivity contribution is -0.280. The van der Waals surface area contributed by atoms with Crippen LogP contribution in [0.25, 0.3) is 0 Å². The summed E-state index contributed by atoms with van der Waals surface area (Å²) in [5, 5.41) is 1.08. The summed E-state index contributed by atoms with van der Waals surface area (Å²) in [7, 11) is 0. The third kappa shape index (κ3) is 12.7. The highest BCUT2D eigenvalue weighted by molar-refractivity contribution is 5.81. The van der Waals surface area contributed by atoms with E-state index in [0.717, 1.165) is 5.32 Å². The van der Waals surface area contributed by atoms with Gasteiger partial charge >= 0.3 is 38.2 Å². The summed E-state index contributed by atoms with van der Waals surface area (Å²) in [6, 6.07) is -1.99. The van der Waals surface area contributed by atoms with Gasteiger partial charge in [0.1, 0.15) is 22.9 Å². The largest absolute Gasteiger partial charge is 0.573 e. The van der Waals surface area contributed by atoms with Gasteiger partial charge in [0.05, 0.1) is 0 Å². The van der Waals surface area contributed by atoms with E-state index in [2.05, 4.69) is 28.4 Å². The summed E-state index contributed by atoms with van der Waals surface area (Å²) < 4.78 is 250. The molecule has 244 valence electrons. The van der Waals surface area contributed by atoms with E-state index in [1.807, 2.05) is 0 Å². The molecule has 0 unspecified atom stereocenters. The van der Waals surface area contributed by atoms with Crippen molar-refractivity contribution in [2.75, 3.05) is 5.32 Å². The fraction of sp³-hybridized carbons (Fsp3) is 0.333. The molecule has 2 aromatic rings. The van der Waals surface area contributed by atoms with Gasteiger partial charge in [-0.25, -0.2) is 0 Å². The van der Waals surface area contributed by atoms with Crippen molar-refractivity contribution in [3.63, 3.8) is 0 Å². The zero-order valence-corrected chi connectivity index (χ0v) is 19.1. The van der Waals surface area contributed by atoms with Crippen LogP contribution in [-0.2, 0) is 0 Å². The molecule has 0 saturated carbocycles. The second kappa shape index (κ2) is 11.5. The van der Waals surface area contributed by atoms with Gasteiger partial charge in [0.15, 0.2) is 23.0 Å². The van der Waals surface area contributed by atoms with Crippen LogP contribution in [0.4, 0.5) is 90.4 Å². The molecule has 0 aliphatic heterocycles. The summed E-state index contributed by atoms with van der Waals surface area (Å²) in [6.45, 7) is 0. The lowest BCUT2D eigenvalue weighted by atomic mass is 10.2. The molecule has 1 N–H and O–H groups in total. The fourth-order valence-corrected chi connectivity index (χ4v) is 2.71. The summed E-state index contributed by atoms with van der Waals surface area (Å²) in [6.07, 6.45) is -35.9. The Morgan fingerprint density at radius 2 is 0.512 bits per heavy atom. The maximum Gasteiger partial charge on any atom is 0.573 e. The molecule has 0 aliphatic carbocycles. The van der Waals surface area contributed by atoms with E-state index in [-0.39, 0.29) is 0 Å². The van der Waals surface area contributed by atoms with Crippen molar-refractivity contribution in [3.05, 3.63) is 24.3 Å². The third-order valence-electron chi connectivity index (χ3n) is 3.70. The van der Waals surface area contributed by atoms with E-state index < -0.39 is 108 Å². The minimum Gasteiger partial charge on any atom is -0.406 e. The lowest BCUT2D eigenvalue weighted by Crippen LogP contribution is -2.23. The van der Waals surface area contributed by atoms with Gasteiger partial charge in [0, 0.05) is 24.3 Å². The van der Waals surface area contributed by atoms with Crippen LogP contribution in [0.1, 0.15) is 0 Å². The van der Waals surface area contributed by atoms with Crippen molar-refractivity contribution in [2.45, 2.75) is 38.2 Å². The average molecular weight is 673 g/mol. The van der Waals surface area contributed by atoms with Crippen LogP contribution in [0, 0.1) is 0 Å². The summed E-state index contributed by atoms with van der Waals surface area (Å²) in [5.41, 5.74) is -4.26. The van der Waals surface area contributed by atoms with Gasteiger partial charge in [-0.15, -0.1) is 79.0 Å². The zero-order chi connectivity index (χ0) is 33.4. The molecule has 0 aromatic heterocycles. The van der Waals surface area contributed by atoms with Crippen LogP contribution < -0.4 is 33.7 Å². The van der Waals surface area contributed by atoms with E-state index in [4.69, 9.17) is 0 Å². The minimum absolute atomic E-state index is 0.498. The van der Waals surface area contributed by atoms with Gasteiger partial charge in [-0.1, -0.05) is 0 Å². The molecule has 0 fully saturated rings. The van der Waals surface area contributed by atoms with Gasteiger partial charge in [0.2, 0.25) is 0 Å². The van der Waals surface area contributed by atoms with E-state index in [1.54, 1.807) is 0 Å². The van der Waals surface area contributed by atoms with Crippen LogP contribution in [0.5, 0.6) is 34.5 Å². The Bertz CT molecular complexity index is 1100. The van der Waals surface area contributed by atoms with Gasteiger partial charge in [0.25, 0.3) is 0 Å². The number of halogens is 18. The van der Waals surface area contributed by atoms with E-state index >= 15 is 0 Å². The van der Waals surface area contributed by atoms with E-state index in [1.165, 1.54) is 0 Å². The van der Waals surface area contributed by atoms with Gasteiger partial charge in [-0.05, 0) is 0 Å². The Morgan fingerprint density at radius 1 is 0.326 bits per heavy atom. The number of nitrogens with one attached hydrogen (secondary N) is 1. The molecule has 25 heteroatoms. The first kappa shape index (κ1) is 35.0. The normalized spacial score (nSPS) is 13.3. The Hall–Kier alpha value is -4.22. The molecule has 0 spiro atoms. The fourth-order valence-electron chi connectivity index (χ4n) is 2.71. The standard InChI is InChI=1S/C18H5F18NO6/c19-13(20,21)38-5-1-7(40-15(25,26)27)11(8(2-5)41-16(28,29)30)37-12-9(42-17(31,32)33)3-6(39-14(22,23)24)4-10(12)43-18(34,35)36/h1-4,37H. The summed E-state index contributed by atoms with van der Waals surface area (Å²) in [4.78, 5) is 0. The molecule has 0 atom stereocenters. The maximum atomic E-state index is 13.0. The van der Waals surface area contributed by atoms with E-state index in [9.17, 15) is 79.0 Å². The molecule has 2 rings (SSSR count). The molecule has 7 nitrogen and oxygen atoms in total. The molecule has 0 saturated heterocycles. The Balaban J connectivity index is 2.98. The maximum absolute atomic E-state index is 13.0. The first-order valence-electron chi connectivity index (χ1n) is 9.66. The second-order valence-corrected chi connectivity index (χ2v) is 7.00. The van der Waals surface area contributed by atoms with Crippen LogP contribution >= 0.6 is 0 Å². The van der Waals surface area contributed by atoms with Crippen molar-refractivity contribution >= 4 is 11.4 Å². The molecule has 0 bridgehead atoms. The number of anilines is 2. The summed E-state index contributed by atoms with van der Waals surface area (Å²) in [5.74, 6) is -13.1. The lowest BCUT2D eigenvalue weighted by Gasteiger charge is -2.24. The molecule has 43 heavy (non-hydrogen) atoms. The van der Waals surface area contributed by atoms with Crippen LogP contribution in [-0.4, -0.2) is 38.2 Å². The van der Waals surface area contributed by atoms with Crippen molar-refractivity contribution < 1.29 is 107 Å². The number of benzene rings is 2. The highest BCUT2D eigenvalue weighted by Crippen LogP contribution is 2.51. The molecule has 0 heterocycles. The highest BCUT2D eigenvalue weighted by Gasteiger charge is 2.41. The topological polar surface area (TPSA) is 67.4 Å². The molecule has 0 aliphatic rings. The predicted octanol–water partition coefficient (Wildman–Crippen LogP) is 8.82. The van der Waals surface area contributed by atoms with Crippen LogP contribution in [0.15, 0.2) is 24.3 Å². The molecular weight excluding hydrogens is 668 g/mol. The van der Waals surface area contributed by atoms with Crippen LogP contribution in [0.2, 0.25) is 0 Å². The number of hydrogen-bond acceptors (Lipinski definition) is 7. The minimum atomic E-state index is -6.05. The Morgan fingerprint density at radius 3 is 0.674 bits per heavy atom. The Labute approximate surface area is 222 Å². The van der Waals surface area contributed by atoms with Crippen molar-refractivity contribution in [1.82, 2.24) is 0 Å². The number of rotatable bonds is 8. The molecular formula is C18H5F18NO6. The first-order chi connectivity index (χ1) is 19.0. The van der Waals surface area contributed by atoms with Crippen molar-refractivity contribution in [3.8, 4) is 34.5 Å². The second-order valence-electron chi connectivity index (χ2n) is 7.00. The molecule has 0 radical (unpaired) electrons. The quantitative estimate of drug-likeness (QED) is 0.281. The Kier molecular flexibility index (Phi) is 9.32. The van der Waals surface area contributed by atoms with Gasteiger partial charge in [-0.2, -0.15) is 0 Å².